The number of carbonyl (C=O) groups is 3. The number of nitrogens with one attached hydrogen (secondary N) is 2. The fourth-order valence-corrected chi connectivity index (χ4v) is 4.72. The molecule has 0 unspecified atom stereocenters. The van der Waals surface area contributed by atoms with E-state index >= 15 is 0 Å². The number of ketones is 1. The van der Waals surface area contributed by atoms with Crippen LogP contribution in [0.4, 0.5) is 5.69 Å². The molecule has 0 aliphatic rings. The molecule has 0 bridgehead atoms. The largest absolute Gasteiger partial charge is 0.321 e. The molecule has 0 spiro atoms. The predicted molar refractivity (Wildman–Crippen MR) is 167 cm³/mol. The number of carbonyl (C=O) groups excluding carboxylic acids is 3. The van der Waals surface area contributed by atoms with Crippen LogP contribution >= 0.6 is 11.3 Å². The molecule has 0 aliphatic carbocycles. The smallest absolute Gasteiger partial charge is 0.272 e. The minimum absolute atomic E-state index is 0.114. The fourth-order valence-electron chi connectivity index (χ4n) is 4.06. The van der Waals surface area contributed by atoms with Gasteiger partial charge in [-0.25, -0.2) is 0 Å². The van der Waals surface area contributed by atoms with Crippen LogP contribution in [0.2, 0.25) is 0 Å². The third kappa shape index (κ3) is 7.41. The van der Waals surface area contributed by atoms with Crippen molar-refractivity contribution in [1.82, 2.24) is 5.32 Å². The summed E-state index contributed by atoms with van der Waals surface area (Å²) in [7, 11) is 0. The van der Waals surface area contributed by atoms with Gasteiger partial charge < -0.3 is 10.6 Å². The van der Waals surface area contributed by atoms with Crippen molar-refractivity contribution in [3.05, 3.63) is 160 Å². The first-order valence-electron chi connectivity index (χ1n) is 13.0. The Hall–Kier alpha value is -5.33. The summed E-state index contributed by atoms with van der Waals surface area (Å²) in [6.07, 6.45) is 4.95. The molecule has 0 atom stereocenters. The molecule has 0 fully saturated rings. The van der Waals surface area contributed by atoms with Crippen LogP contribution in [0.25, 0.3) is 23.3 Å². The molecule has 1 aromatic heterocycles. The summed E-state index contributed by atoms with van der Waals surface area (Å²) in [5, 5.41) is 7.42. The molecule has 5 rings (SSSR count). The Morgan fingerprint density at radius 2 is 1.29 bits per heavy atom. The minimum atomic E-state index is -0.472. The number of benzene rings is 4. The number of allylic oxidation sites excluding steroid dienone is 1. The van der Waals surface area contributed by atoms with E-state index in [0.717, 1.165) is 21.6 Å². The minimum Gasteiger partial charge on any atom is -0.321 e. The van der Waals surface area contributed by atoms with Crippen LogP contribution in [-0.2, 0) is 4.79 Å². The lowest BCUT2D eigenvalue weighted by Gasteiger charge is -2.11. The van der Waals surface area contributed by atoms with Crippen LogP contribution in [0.5, 0.6) is 0 Å². The average molecular weight is 555 g/mol. The van der Waals surface area contributed by atoms with E-state index in [4.69, 9.17) is 0 Å². The van der Waals surface area contributed by atoms with Gasteiger partial charge in [-0.05, 0) is 76.7 Å². The maximum Gasteiger partial charge on any atom is 0.272 e. The quantitative estimate of drug-likeness (QED) is 0.145. The zero-order valence-electron chi connectivity index (χ0n) is 22.0. The van der Waals surface area contributed by atoms with Crippen LogP contribution in [0, 0.1) is 0 Å². The summed E-state index contributed by atoms with van der Waals surface area (Å²) < 4.78 is 0. The normalized spacial score (nSPS) is 11.3. The Bertz CT molecular complexity index is 1690. The molecule has 6 heteroatoms. The van der Waals surface area contributed by atoms with Gasteiger partial charge in [0.2, 0.25) is 0 Å². The lowest BCUT2D eigenvalue weighted by molar-refractivity contribution is -0.113. The molecule has 5 aromatic rings. The summed E-state index contributed by atoms with van der Waals surface area (Å²) in [5.41, 5.74) is 4.72. The molecule has 5 nitrogen and oxygen atoms in total. The van der Waals surface area contributed by atoms with Crippen molar-refractivity contribution in [1.29, 1.82) is 0 Å². The second-order valence-electron chi connectivity index (χ2n) is 9.11. The van der Waals surface area contributed by atoms with Gasteiger partial charge in [0.05, 0.1) is 0 Å². The molecule has 4 aromatic carbocycles. The number of anilines is 1. The van der Waals surface area contributed by atoms with E-state index < -0.39 is 5.91 Å². The average Bonchev–Trinajstić information content (AvgIpc) is 3.54. The van der Waals surface area contributed by atoms with Crippen molar-refractivity contribution < 1.29 is 14.4 Å². The van der Waals surface area contributed by atoms with Crippen molar-refractivity contribution in [2.45, 2.75) is 0 Å². The zero-order chi connectivity index (χ0) is 28.4. The van der Waals surface area contributed by atoms with E-state index in [1.54, 1.807) is 60.7 Å². The summed E-state index contributed by atoms with van der Waals surface area (Å²) in [4.78, 5) is 39.4. The molecular weight excluding hydrogens is 528 g/mol. The molecular formula is C35H26N2O3S. The van der Waals surface area contributed by atoms with Gasteiger partial charge in [0, 0.05) is 21.7 Å². The SMILES string of the molecule is O=C(Nc1ccc(C(=O)/C=C/c2ccc(-c3ccccc3)cc2)cc1)/C(=C/c1cccs1)NC(=O)c1ccccc1. The first-order chi connectivity index (χ1) is 20.0. The van der Waals surface area contributed by atoms with Crippen LogP contribution in [0.15, 0.2) is 138 Å². The molecule has 0 aliphatic heterocycles. The van der Waals surface area contributed by atoms with Crippen molar-refractivity contribution in [2.24, 2.45) is 0 Å². The lowest BCUT2D eigenvalue weighted by atomic mass is 10.0. The van der Waals surface area contributed by atoms with Gasteiger partial charge in [-0.1, -0.05) is 84.9 Å². The summed E-state index contributed by atoms with van der Waals surface area (Å²) >= 11 is 1.45. The van der Waals surface area contributed by atoms with Gasteiger partial charge in [0.1, 0.15) is 5.70 Å². The van der Waals surface area contributed by atoms with E-state index in [-0.39, 0.29) is 17.4 Å². The van der Waals surface area contributed by atoms with Crippen LogP contribution in [-0.4, -0.2) is 17.6 Å². The Labute approximate surface area is 242 Å². The van der Waals surface area contributed by atoms with Gasteiger partial charge in [-0.3, -0.25) is 14.4 Å². The first-order valence-corrected chi connectivity index (χ1v) is 13.8. The number of hydrogen-bond acceptors (Lipinski definition) is 4. The number of amides is 2. The number of hydrogen-bond donors (Lipinski definition) is 2. The summed E-state index contributed by atoms with van der Waals surface area (Å²) in [5.74, 6) is -1.00. The standard InChI is InChI=1S/C35H26N2O3S/c38-33(22-15-25-13-16-27(17-14-25)26-8-3-1-4-9-26)28-18-20-30(21-19-28)36-35(40)32(24-31-12-7-23-41-31)37-34(39)29-10-5-2-6-11-29/h1-24H,(H,36,40)(H,37,39)/b22-15+,32-24-. The van der Waals surface area contributed by atoms with Crippen molar-refractivity contribution in [3.63, 3.8) is 0 Å². The Morgan fingerprint density at radius 1 is 0.634 bits per heavy atom. The van der Waals surface area contributed by atoms with Gasteiger partial charge in [0.15, 0.2) is 5.78 Å². The van der Waals surface area contributed by atoms with Gasteiger partial charge in [-0.2, -0.15) is 0 Å². The third-order valence-electron chi connectivity index (χ3n) is 6.23. The van der Waals surface area contributed by atoms with E-state index in [0.29, 0.717) is 16.8 Å². The fraction of sp³-hybridized carbons (Fsp3) is 0. The third-order valence-corrected chi connectivity index (χ3v) is 7.05. The second kappa shape index (κ2) is 13.2. The zero-order valence-corrected chi connectivity index (χ0v) is 22.8. The maximum absolute atomic E-state index is 13.1. The van der Waals surface area contributed by atoms with E-state index in [1.165, 1.54) is 17.4 Å². The molecule has 0 radical (unpaired) electrons. The molecule has 41 heavy (non-hydrogen) atoms. The van der Waals surface area contributed by atoms with Gasteiger partial charge >= 0.3 is 0 Å². The van der Waals surface area contributed by atoms with Crippen LogP contribution < -0.4 is 10.6 Å². The van der Waals surface area contributed by atoms with Crippen LogP contribution in [0.3, 0.4) is 0 Å². The van der Waals surface area contributed by atoms with E-state index in [9.17, 15) is 14.4 Å². The summed E-state index contributed by atoms with van der Waals surface area (Å²) in [6, 6.07) is 37.2. The lowest BCUT2D eigenvalue weighted by Crippen LogP contribution is -2.30. The highest BCUT2D eigenvalue weighted by molar-refractivity contribution is 7.10. The number of thiophene rings is 1. The van der Waals surface area contributed by atoms with Gasteiger partial charge in [-0.15, -0.1) is 11.3 Å². The molecule has 2 N–H and O–H groups in total. The van der Waals surface area contributed by atoms with Gasteiger partial charge in [0.25, 0.3) is 11.8 Å². The molecule has 0 saturated heterocycles. The van der Waals surface area contributed by atoms with Crippen molar-refractivity contribution >= 4 is 46.8 Å². The molecule has 200 valence electrons. The highest BCUT2D eigenvalue weighted by atomic mass is 32.1. The van der Waals surface area contributed by atoms with E-state index in [2.05, 4.69) is 22.8 Å². The van der Waals surface area contributed by atoms with Crippen LogP contribution in [0.1, 0.15) is 31.2 Å². The first kappa shape index (κ1) is 27.2. The maximum atomic E-state index is 13.1. The highest BCUT2D eigenvalue weighted by Crippen LogP contribution is 2.20. The van der Waals surface area contributed by atoms with Crippen molar-refractivity contribution in [3.8, 4) is 11.1 Å². The Morgan fingerprint density at radius 3 is 1.95 bits per heavy atom. The Balaban J connectivity index is 1.23. The highest BCUT2D eigenvalue weighted by Gasteiger charge is 2.15. The second-order valence-corrected chi connectivity index (χ2v) is 10.1. The summed E-state index contributed by atoms with van der Waals surface area (Å²) in [6.45, 7) is 0. The topological polar surface area (TPSA) is 75.3 Å². The Kier molecular flexibility index (Phi) is 8.74. The molecule has 0 saturated carbocycles. The van der Waals surface area contributed by atoms with E-state index in [1.807, 2.05) is 66.0 Å². The monoisotopic (exact) mass is 554 g/mol. The molecule has 2 amide bonds. The molecule has 1 heterocycles. The number of rotatable bonds is 9. The van der Waals surface area contributed by atoms with Crippen molar-refractivity contribution in [2.75, 3.05) is 5.32 Å². The predicted octanol–water partition coefficient (Wildman–Crippen LogP) is 7.72.